The first-order chi connectivity index (χ1) is 8.45. The average molecular weight is 252 g/mol. The van der Waals surface area contributed by atoms with Gasteiger partial charge in [-0.2, -0.15) is 0 Å². The largest absolute Gasteiger partial charge is 0.491 e. The van der Waals surface area contributed by atoms with Gasteiger partial charge in [0.25, 0.3) is 0 Å². The van der Waals surface area contributed by atoms with Crippen molar-refractivity contribution in [3.63, 3.8) is 0 Å². The van der Waals surface area contributed by atoms with Crippen LogP contribution in [0.4, 0.5) is 0 Å². The van der Waals surface area contributed by atoms with Crippen molar-refractivity contribution in [3.05, 3.63) is 29.8 Å². The normalized spacial score (nSPS) is 14.1. The van der Waals surface area contributed by atoms with E-state index >= 15 is 0 Å². The van der Waals surface area contributed by atoms with E-state index in [-0.39, 0.29) is 6.10 Å². The lowest BCUT2D eigenvalue weighted by molar-refractivity contribution is -0.148. The number of esters is 1. The van der Waals surface area contributed by atoms with Crippen molar-refractivity contribution in [1.82, 2.24) is 0 Å². The number of ether oxygens (including phenoxy) is 2. The molecule has 0 saturated carbocycles. The molecule has 0 spiro atoms. The first kappa shape index (κ1) is 14.5. The van der Waals surface area contributed by atoms with Gasteiger partial charge in [-0.25, -0.2) is 0 Å². The SMILES string of the molecule is COC(=O)C(C)C(O)c1cccc(OC(C)C)c1. The van der Waals surface area contributed by atoms with Gasteiger partial charge in [0.2, 0.25) is 0 Å². The van der Waals surface area contributed by atoms with Gasteiger partial charge >= 0.3 is 5.97 Å². The summed E-state index contributed by atoms with van der Waals surface area (Å²) >= 11 is 0. The second-order valence-electron chi connectivity index (χ2n) is 4.50. The average Bonchev–Trinajstić information content (AvgIpc) is 2.35. The monoisotopic (exact) mass is 252 g/mol. The van der Waals surface area contributed by atoms with Crippen LogP contribution in [-0.4, -0.2) is 24.3 Å². The maximum absolute atomic E-state index is 11.4. The molecule has 0 aliphatic heterocycles. The maximum Gasteiger partial charge on any atom is 0.311 e. The van der Waals surface area contributed by atoms with Gasteiger partial charge < -0.3 is 14.6 Å². The van der Waals surface area contributed by atoms with E-state index in [4.69, 9.17) is 4.74 Å². The minimum atomic E-state index is -0.895. The van der Waals surface area contributed by atoms with Crippen molar-refractivity contribution in [2.75, 3.05) is 7.11 Å². The summed E-state index contributed by atoms with van der Waals surface area (Å²) < 4.78 is 10.2. The van der Waals surface area contributed by atoms with E-state index in [1.54, 1.807) is 25.1 Å². The van der Waals surface area contributed by atoms with E-state index in [1.807, 2.05) is 19.9 Å². The fourth-order valence-electron chi connectivity index (χ4n) is 1.65. The fraction of sp³-hybridized carbons (Fsp3) is 0.500. The molecule has 0 amide bonds. The zero-order valence-electron chi connectivity index (χ0n) is 11.2. The van der Waals surface area contributed by atoms with Gasteiger partial charge in [-0.15, -0.1) is 0 Å². The van der Waals surface area contributed by atoms with Crippen molar-refractivity contribution in [3.8, 4) is 5.75 Å². The number of aliphatic hydroxyl groups excluding tert-OH is 1. The van der Waals surface area contributed by atoms with Crippen molar-refractivity contribution >= 4 is 5.97 Å². The van der Waals surface area contributed by atoms with Crippen molar-refractivity contribution < 1.29 is 19.4 Å². The van der Waals surface area contributed by atoms with Crippen LogP contribution in [0.2, 0.25) is 0 Å². The molecule has 0 radical (unpaired) electrons. The quantitative estimate of drug-likeness (QED) is 0.817. The molecule has 0 saturated heterocycles. The lowest BCUT2D eigenvalue weighted by Crippen LogP contribution is -2.20. The molecular weight excluding hydrogens is 232 g/mol. The molecule has 0 aromatic heterocycles. The Morgan fingerprint density at radius 3 is 2.50 bits per heavy atom. The second kappa shape index (κ2) is 6.40. The molecular formula is C14H20O4. The van der Waals surface area contributed by atoms with Gasteiger partial charge in [-0.3, -0.25) is 4.79 Å². The molecule has 1 N–H and O–H groups in total. The van der Waals surface area contributed by atoms with Crippen LogP contribution in [0.1, 0.15) is 32.4 Å². The highest BCUT2D eigenvalue weighted by Crippen LogP contribution is 2.26. The molecule has 0 aliphatic rings. The topological polar surface area (TPSA) is 55.8 Å². The van der Waals surface area contributed by atoms with E-state index < -0.39 is 18.0 Å². The second-order valence-corrected chi connectivity index (χ2v) is 4.50. The molecule has 0 fully saturated rings. The van der Waals surface area contributed by atoms with Crippen molar-refractivity contribution in [2.24, 2.45) is 5.92 Å². The minimum Gasteiger partial charge on any atom is -0.491 e. The fourth-order valence-corrected chi connectivity index (χ4v) is 1.65. The molecule has 1 aromatic carbocycles. The molecule has 1 rings (SSSR count). The molecule has 2 unspecified atom stereocenters. The highest BCUT2D eigenvalue weighted by Gasteiger charge is 2.24. The molecule has 2 atom stereocenters. The van der Waals surface area contributed by atoms with Crippen LogP contribution >= 0.6 is 0 Å². The zero-order chi connectivity index (χ0) is 13.7. The summed E-state index contributed by atoms with van der Waals surface area (Å²) in [5.41, 5.74) is 0.644. The van der Waals surface area contributed by atoms with Crippen LogP contribution < -0.4 is 4.74 Å². The standard InChI is InChI=1S/C14H20O4/c1-9(2)18-12-7-5-6-11(8-12)13(15)10(3)14(16)17-4/h5-10,13,15H,1-4H3. The summed E-state index contributed by atoms with van der Waals surface area (Å²) in [6.45, 7) is 5.49. The molecule has 0 heterocycles. The summed E-state index contributed by atoms with van der Waals surface area (Å²) in [7, 11) is 1.31. The summed E-state index contributed by atoms with van der Waals surface area (Å²) in [6, 6.07) is 7.11. The number of hydrogen-bond acceptors (Lipinski definition) is 4. The molecule has 0 aliphatic carbocycles. The molecule has 4 nitrogen and oxygen atoms in total. The number of carbonyl (C=O) groups excluding carboxylic acids is 1. The van der Waals surface area contributed by atoms with Crippen LogP contribution in [0.15, 0.2) is 24.3 Å². The Hall–Kier alpha value is -1.55. The summed E-state index contributed by atoms with van der Waals surface area (Å²) in [5.74, 6) is -0.361. The Morgan fingerprint density at radius 1 is 1.28 bits per heavy atom. The Morgan fingerprint density at radius 2 is 1.94 bits per heavy atom. The number of aliphatic hydroxyl groups is 1. The highest BCUT2D eigenvalue weighted by molar-refractivity contribution is 5.72. The van der Waals surface area contributed by atoms with Gasteiger partial charge in [-0.1, -0.05) is 12.1 Å². The van der Waals surface area contributed by atoms with E-state index in [0.29, 0.717) is 11.3 Å². The number of hydrogen-bond donors (Lipinski definition) is 1. The number of carbonyl (C=O) groups is 1. The summed E-state index contributed by atoms with van der Waals surface area (Å²) in [4.78, 5) is 11.4. The van der Waals surface area contributed by atoms with Crippen molar-refractivity contribution in [1.29, 1.82) is 0 Å². The first-order valence-electron chi connectivity index (χ1n) is 5.98. The number of rotatable bonds is 5. The Kier molecular flexibility index (Phi) is 5.16. The molecule has 100 valence electrons. The molecule has 18 heavy (non-hydrogen) atoms. The van der Waals surface area contributed by atoms with E-state index in [1.165, 1.54) is 7.11 Å². The first-order valence-corrected chi connectivity index (χ1v) is 5.98. The maximum atomic E-state index is 11.4. The van der Waals surface area contributed by atoms with Crippen LogP contribution in [0.25, 0.3) is 0 Å². The third-order valence-corrected chi connectivity index (χ3v) is 2.62. The van der Waals surface area contributed by atoms with Crippen LogP contribution in [0.3, 0.4) is 0 Å². The molecule has 4 heteroatoms. The third kappa shape index (κ3) is 3.74. The predicted octanol–water partition coefficient (Wildman–Crippen LogP) is 2.32. The highest BCUT2D eigenvalue weighted by atomic mass is 16.5. The Labute approximate surface area is 108 Å². The van der Waals surface area contributed by atoms with E-state index in [9.17, 15) is 9.90 Å². The molecule has 0 bridgehead atoms. The third-order valence-electron chi connectivity index (χ3n) is 2.62. The zero-order valence-corrected chi connectivity index (χ0v) is 11.2. The van der Waals surface area contributed by atoms with Gasteiger partial charge in [0.05, 0.1) is 25.2 Å². The van der Waals surface area contributed by atoms with Crippen molar-refractivity contribution in [2.45, 2.75) is 33.0 Å². The van der Waals surface area contributed by atoms with Gasteiger partial charge in [0.1, 0.15) is 5.75 Å². The number of methoxy groups -OCH3 is 1. The van der Waals surface area contributed by atoms with Gasteiger partial charge in [0.15, 0.2) is 0 Å². The number of benzene rings is 1. The van der Waals surface area contributed by atoms with Gasteiger partial charge in [-0.05, 0) is 38.5 Å². The van der Waals surface area contributed by atoms with Crippen LogP contribution in [0, 0.1) is 5.92 Å². The predicted molar refractivity (Wildman–Crippen MR) is 68.3 cm³/mol. The minimum absolute atomic E-state index is 0.0652. The van der Waals surface area contributed by atoms with E-state index in [0.717, 1.165) is 0 Å². The lowest BCUT2D eigenvalue weighted by atomic mass is 9.97. The summed E-state index contributed by atoms with van der Waals surface area (Å²) in [5, 5.41) is 10.1. The Balaban J connectivity index is 2.85. The van der Waals surface area contributed by atoms with Crippen LogP contribution in [-0.2, 0) is 9.53 Å². The molecule has 1 aromatic rings. The Bertz CT molecular complexity index is 401. The van der Waals surface area contributed by atoms with E-state index in [2.05, 4.69) is 4.74 Å². The lowest BCUT2D eigenvalue weighted by Gasteiger charge is -2.18. The van der Waals surface area contributed by atoms with Gasteiger partial charge in [0, 0.05) is 0 Å². The van der Waals surface area contributed by atoms with Crippen LogP contribution in [0.5, 0.6) is 5.75 Å². The summed E-state index contributed by atoms with van der Waals surface area (Å²) in [6.07, 6.45) is -0.830. The smallest absolute Gasteiger partial charge is 0.311 e.